The van der Waals surface area contributed by atoms with Gasteiger partial charge in [0.25, 0.3) is 0 Å². The number of rotatable bonds is 5. The zero-order chi connectivity index (χ0) is 17.9. The number of oxazole rings is 1. The summed E-state index contributed by atoms with van der Waals surface area (Å²) in [5.74, 6) is 0.663. The van der Waals surface area contributed by atoms with Crippen molar-refractivity contribution in [1.29, 1.82) is 0 Å². The largest absolute Gasteiger partial charge is 0.436 e. The first-order chi connectivity index (χ1) is 12.8. The van der Waals surface area contributed by atoms with Crippen molar-refractivity contribution >= 4 is 16.8 Å². The third-order valence-corrected chi connectivity index (χ3v) is 4.74. The van der Waals surface area contributed by atoms with Crippen LogP contribution in [0.1, 0.15) is 13.8 Å². The van der Waals surface area contributed by atoms with Gasteiger partial charge in [-0.1, -0.05) is 36.4 Å². The van der Waals surface area contributed by atoms with Gasteiger partial charge < -0.3 is 9.32 Å². The van der Waals surface area contributed by atoms with Crippen molar-refractivity contribution in [3.05, 3.63) is 72.8 Å². The maximum Gasteiger partial charge on any atom is 0.227 e. The van der Waals surface area contributed by atoms with E-state index in [1.807, 2.05) is 24.3 Å². The van der Waals surface area contributed by atoms with Crippen LogP contribution in [0.25, 0.3) is 33.7 Å². The maximum atomic E-state index is 5.97. The highest BCUT2D eigenvalue weighted by molar-refractivity contribution is 5.82. The molecule has 4 aromatic rings. The molecular weight excluding hydrogens is 320 g/mol. The molecule has 130 valence electrons. The summed E-state index contributed by atoms with van der Waals surface area (Å²) in [6.07, 6.45) is 0. The summed E-state index contributed by atoms with van der Waals surface area (Å²) in [7, 11) is 0. The minimum atomic E-state index is 0.663. The highest BCUT2D eigenvalue weighted by Crippen LogP contribution is 2.29. The third kappa shape index (κ3) is 3.08. The minimum Gasteiger partial charge on any atom is -0.436 e. The van der Waals surface area contributed by atoms with Gasteiger partial charge in [0.15, 0.2) is 5.58 Å². The van der Waals surface area contributed by atoms with Crippen molar-refractivity contribution in [3.63, 3.8) is 0 Å². The molecule has 0 bridgehead atoms. The van der Waals surface area contributed by atoms with Crippen molar-refractivity contribution in [3.8, 4) is 22.6 Å². The molecule has 3 aromatic carbocycles. The molecule has 1 heterocycles. The first-order valence-electron chi connectivity index (χ1n) is 9.10. The fraction of sp³-hybridized carbons (Fsp3) is 0.174. The van der Waals surface area contributed by atoms with Crippen LogP contribution >= 0.6 is 0 Å². The van der Waals surface area contributed by atoms with Crippen LogP contribution in [0, 0.1) is 0 Å². The molecule has 0 fully saturated rings. The molecule has 0 aliphatic rings. The zero-order valence-electron chi connectivity index (χ0n) is 15.1. The Morgan fingerprint density at radius 2 is 1.46 bits per heavy atom. The molecule has 0 aliphatic heterocycles. The van der Waals surface area contributed by atoms with E-state index in [0.717, 1.165) is 35.3 Å². The van der Waals surface area contributed by atoms with Gasteiger partial charge in [0.1, 0.15) is 5.52 Å². The molecular formula is C23H22N2O. The van der Waals surface area contributed by atoms with E-state index >= 15 is 0 Å². The first-order valence-corrected chi connectivity index (χ1v) is 9.10. The lowest BCUT2D eigenvalue weighted by molar-refractivity contribution is 0.620. The van der Waals surface area contributed by atoms with Gasteiger partial charge in [-0.3, -0.25) is 0 Å². The van der Waals surface area contributed by atoms with E-state index in [4.69, 9.17) is 9.40 Å². The highest BCUT2D eigenvalue weighted by Gasteiger charge is 2.10. The van der Waals surface area contributed by atoms with Gasteiger partial charge in [-0.2, -0.15) is 0 Å². The summed E-state index contributed by atoms with van der Waals surface area (Å²) < 4.78 is 5.97. The minimum absolute atomic E-state index is 0.663. The average Bonchev–Trinajstić information content (AvgIpc) is 3.13. The van der Waals surface area contributed by atoms with Gasteiger partial charge in [0.05, 0.1) is 0 Å². The molecule has 0 aliphatic carbocycles. The summed E-state index contributed by atoms with van der Waals surface area (Å²) in [5.41, 5.74) is 6.25. The predicted molar refractivity (Wildman–Crippen MR) is 108 cm³/mol. The molecule has 0 N–H and O–H groups in total. The SMILES string of the molecule is CCN(CC)c1ccc(-c2nc3cc(-c4ccccc4)ccc3o2)cc1. The number of nitrogens with zero attached hydrogens (tertiary/aromatic N) is 2. The smallest absolute Gasteiger partial charge is 0.227 e. The maximum absolute atomic E-state index is 5.97. The van der Waals surface area contributed by atoms with Crippen LogP contribution in [0.5, 0.6) is 0 Å². The molecule has 3 nitrogen and oxygen atoms in total. The Morgan fingerprint density at radius 1 is 0.769 bits per heavy atom. The topological polar surface area (TPSA) is 29.3 Å². The fourth-order valence-electron chi connectivity index (χ4n) is 3.26. The van der Waals surface area contributed by atoms with Gasteiger partial charge in [0, 0.05) is 24.3 Å². The quantitative estimate of drug-likeness (QED) is 0.445. The van der Waals surface area contributed by atoms with E-state index in [-0.39, 0.29) is 0 Å². The van der Waals surface area contributed by atoms with E-state index in [1.165, 1.54) is 11.3 Å². The van der Waals surface area contributed by atoms with E-state index in [2.05, 4.69) is 67.3 Å². The standard InChI is InChI=1S/C23H22N2O/c1-3-25(4-2)20-13-10-18(11-14-20)23-24-21-16-19(12-15-22(21)26-23)17-8-6-5-7-9-17/h5-16H,3-4H2,1-2H3. The number of hydrogen-bond acceptors (Lipinski definition) is 3. The lowest BCUT2D eigenvalue weighted by atomic mass is 10.1. The summed E-state index contributed by atoms with van der Waals surface area (Å²) in [4.78, 5) is 7.03. The molecule has 4 rings (SSSR count). The van der Waals surface area contributed by atoms with E-state index in [0.29, 0.717) is 5.89 Å². The average molecular weight is 342 g/mol. The molecule has 1 aromatic heterocycles. The van der Waals surface area contributed by atoms with Crippen LogP contribution in [0.2, 0.25) is 0 Å². The van der Waals surface area contributed by atoms with E-state index in [9.17, 15) is 0 Å². The summed E-state index contributed by atoms with van der Waals surface area (Å²) in [6.45, 7) is 6.34. The Kier molecular flexibility index (Phi) is 4.44. The van der Waals surface area contributed by atoms with Gasteiger partial charge in [-0.05, 0) is 61.4 Å². The molecule has 0 radical (unpaired) electrons. The van der Waals surface area contributed by atoms with Gasteiger partial charge in [0.2, 0.25) is 5.89 Å². The second-order valence-corrected chi connectivity index (χ2v) is 6.29. The third-order valence-electron chi connectivity index (χ3n) is 4.74. The van der Waals surface area contributed by atoms with Crippen molar-refractivity contribution in [2.75, 3.05) is 18.0 Å². The van der Waals surface area contributed by atoms with Crippen LogP contribution < -0.4 is 4.90 Å². The van der Waals surface area contributed by atoms with Crippen LogP contribution in [-0.2, 0) is 0 Å². The number of fused-ring (bicyclic) bond motifs is 1. The highest BCUT2D eigenvalue weighted by atomic mass is 16.3. The molecule has 0 unspecified atom stereocenters. The van der Waals surface area contributed by atoms with Gasteiger partial charge in [-0.15, -0.1) is 0 Å². The number of anilines is 1. The zero-order valence-corrected chi connectivity index (χ0v) is 15.1. The van der Waals surface area contributed by atoms with Crippen molar-refractivity contribution in [2.45, 2.75) is 13.8 Å². The lowest BCUT2D eigenvalue weighted by Gasteiger charge is -2.20. The van der Waals surface area contributed by atoms with Crippen LogP contribution in [0.4, 0.5) is 5.69 Å². The Balaban J connectivity index is 1.67. The Labute approximate surface area is 153 Å². The second kappa shape index (κ2) is 7.04. The first kappa shape index (κ1) is 16.4. The van der Waals surface area contributed by atoms with Crippen LogP contribution in [-0.4, -0.2) is 18.1 Å². The van der Waals surface area contributed by atoms with E-state index < -0.39 is 0 Å². The Bertz CT molecular complexity index is 1000. The van der Waals surface area contributed by atoms with Crippen molar-refractivity contribution in [1.82, 2.24) is 4.98 Å². The molecule has 26 heavy (non-hydrogen) atoms. The number of aromatic nitrogens is 1. The molecule has 0 spiro atoms. The number of benzene rings is 3. The summed E-state index contributed by atoms with van der Waals surface area (Å²) >= 11 is 0. The van der Waals surface area contributed by atoms with Crippen LogP contribution in [0.15, 0.2) is 77.2 Å². The number of hydrogen-bond donors (Lipinski definition) is 0. The Morgan fingerprint density at radius 3 is 2.15 bits per heavy atom. The summed E-state index contributed by atoms with van der Waals surface area (Å²) in [5, 5.41) is 0. The summed E-state index contributed by atoms with van der Waals surface area (Å²) in [6, 6.07) is 24.9. The second-order valence-electron chi connectivity index (χ2n) is 6.29. The normalized spacial score (nSPS) is 11.0. The van der Waals surface area contributed by atoms with Gasteiger partial charge in [-0.25, -0.2) is 4.98 Å². The molecule has 0 saturated carbocycles. The monoisotopic (exact) mass is 342 g/mol. The molecule has 3 heteroatoms. The van der Waals surface area contributed by atoms with E-state index in [1.54, 1.807) is 0 Å². The predicted octanol–water partition coefficient (Wildman–Crippen LogP) is 6.01. The van der Waals surface area contributed by atoms with Gasteiger partial charge >= 0.3 is 0 Å². The molecule has 0 amide bonds. The van der Waals surface area contributed by atoms with Crippen molar-refractivity contribution < 1.29 is 4.42 Å². The van der Waals surface area contributed by atoms with Crippen LogP contribution in [0.3, 0.4) is 0 Å². The van der Waals surface area contributed by atoms with Crippen molar-refractivity contribution in [2.24, 2.45) is 0 Å². The fourth-order valence-corrected chi connectivity index (χ4v) is 3.26. The molecule has 0 saturated heterocycles. The lowest BCUT2D eigenvalue weighted by Crippen LogP contribution is -2.21. The molecule has 0 atom stereocenters. The Hall–Kier alpha value is -3.07.